The third-order valence-corrected chi connectivity index (χ3v) is 4.84. The molecule has 0 radical (unpaired) electrons. The third-order valence-electron chi connectivity index (χ3n) is 4.84. The summed E-state index contributed by atoms with van der Waals surface area (Å²) in [6, 6.07) is 6.98. The minimum absolute atomic E-state index is 0.501. The maximum absolute atomic E-state index is 6.09. The van der Waals surface area contributed by atoms with Crippen molar-refractivity contribution in [1.29, 1.82) is 0 Å². The molecule has 1 aromatic carbocycles. The Hall–Kier alpha value is -1.10. The molecule has 3 rings (SSSR count). The van der Waals surface area contributed by atoms with Crippen molar-refractivity contribution in [1.82, 2.24) is 15.1 Å². The van der Waals surface area contributed by atoms with E-state index < -0.39 is 0 Å². The molecule has 2 aliphatic rings. The van der Waals surface area contributed by atoms with Crippen LogP contribution in [-0.2, 0) is 6.42 Å². The van der Waals surface area contributed by atoms with E-state index in [4.69, 9.17) is 4.74 Å². The van der Waals surface area contributed by atoms with Crippen molar-refractivity contribution in [2.24, 2.45) is 0 Å². The Kier molecular flexibility index (Phi) is 4.78. The lowest BCUT2D eigenvalue weighted by Gasteiger charge is -2.32. The lowest BCUT2D eigenvalue weighted by molar-refractivity contribution is 0.133. The van der Waals surface area contributed by atoms with Crippen LogP contribution >= 0.6 is 0 Å². The molecule has 0 saturated carbocycles. The number of rotatable bonds is 5. The average Bonchev–Trinajstić information content (AvgIpc) is 2.93. The molecule has 1 atom stereocenters. The molecule has 1 saturated heterocycles. The summed E-state index contributed by atoms with van der Waals surface area (Å²) in [5.41, 5.74) is 2.84. The van der Waals surface area contributed by atoms with E-state index in [1.165, 1.54) is 30.6 Å². The monoisotopic (exact) mass is 289 g/mol. The zero-order valence-corrected chi connectivity index (χ0v) is 13.3. The zero-order valence-electron chi connectivity index (χ0n) is 13.3. The second kappa shape index (κ2) is 6.77. The quantitative estimate of drug-likeness (QED) is 0.889. The van der Waals surface area contributed by atoms with Crippen LogP contribution < -0.4 is 10.1 Å². The number of ether oxygens (including phenoxy) is 1. The molecule has 1 heterocycles. The molecule has 1 fully saturated rings. The van der Waals surface area contributed by atoms with Gasteiger partial charge in [0.2, 0.25) is 0 Å². The Morgan fingerprint density at radius 2 is 2.05 bits per heavy atom. The van der Waals surface area contributed by atoms with Crippen molar-refractivity contribution in [2.45, 2.75) is 18.9 Å². The molecule has 1 aliphatic carbocycles. The van der Waals surface area contributed by atoms with Crippen LogP contribution in [0.3, 0.4) is 0 Å². The number of benzene rings is 1. The molecule has 4 heteroatoms. The minimum atomic E-state index is 0.501. The van der Waals surface area contributed by atoms with Crippen molar-refractivity contribution >= 4 is 0 Å². The van der Waals surface area contributed by atoms with Crippen LogP contribution in [0.5, 0.6) is 5.75 Å². The molecule has 1 unspecified atom stereocenters. The number of nitrogens with one attached hydrogen (secondary N) is 1. The Labute approximate surface area is 128 Å². The molecule has 0 spiro atoms. The largest absolute Gasteiger partial charge is 0.492 e. The summed E-state index contributed by atoms with van der Waals surface area (Å²) >= 11 is 0. The third kappa shape index (κ3) is 3.39. The second-order valence-electron chi connectivity index (χ2n) is 6.20. The fourth-order valence-corrected chi connectivity index (χ4v) is 3.41. The molecule has 1 aromatic rings. The van der Waals surface area contributed by atoms with Gasteiger partial charge in [0.25, 0.3) is 0 Å². The minimum Gasteiger partial charge on any atom is -0.492 e. The van der Waals surface area contributed by atoms with E-state index in [2.05, 4.69) is 40.4 Å². The van der Waals surface area contributed by atoms with Crippen molar-refractivity contribution in [2.75, 3.05) is 53.4 Å². The standard InChI is InChI=1S/C17H27N3O/c1-18-16-7-6-15-14(16)4-3-5-17(15)21-13-12-20-10-8-19(2)9-11-20/h3-5,16,18H,6-13H2,1-2H3. The average molecular weight is 289 g/mol. The summed E-state index contributed by atoms with van der Waals surface area (Å²) in [5, 5.41) is 3.39. The van der Waals surface area contributed by atoms with E-state index in [1.54, 1.807) is 0 Å². The predicted molar refractivity (Wildman–Crippen MR) is 86.0 cm³/mol. The normalized spacial score (nSPS) is 23.2. The first-order valence-electron chi connectivity index (χ1n) is 8.10. The van der Waals surface area contributed by atoms with E-state index >= 15 is 0 Å². The van der Waals surface area contributed by atoms with Gasteiger partial charge in [-0.05, 0) is 44.1 Å². The van der Waals surface area contributed by atoms with Gasteiger partial charge >= 0.3 is 0 Å². The van der Waals surface area contributed by atoms with Gasteiger partial charge < -0.3 is 15.0 Å². The molecular formula is C17H27N3O. The molecule has 1 N–H and O–H groups in total. The fourth-order valence-electron chi connectivity index (χ4n) is 3.41. The highest BCUT2D eigenvalue weighted by atomic mass is 16.5. The van der Waals surface area contributed by atoms with Gasteiger partial charge in [-0.15, -0.1) is 0 Å². The zero-order chi connectivity index (χ0) is 14.7. The summed E-state index contributed by atoms with van der Waals surface area (Å²) in [6.45, 7) is 6.50. The molecule has 21 heavy (non-hydrogen) atoms. The first-order chi connectivity index (χ1) is 10.3. The van der Waals surface area contributed by atoms with Crippen LogP contribution in [0, 0.1) is 0 Å². The Bertz CT molecular complexity index is 469. The summed E-state index contributed by atoms with van der Waals surface area (Å²) in [7, 11) is 4.24. The molecular weight excluding hydrogens is 262 g/mol. The lowest BCUT2D eigenvalue weighted by Crippen LogP contribution is -2.45. The summed E-state index contributed by atoms with van der Waals surface area (Å²) in [6.07, 6.45) is 2.32. The number of fused-ring (bicyclic) bond motifs is 1. The SMILES string of the molecule is CNC1CCc2c(OCCN3CCN(C)CC3)cccc21. The van der Waals surface area contributed by atoms with Gasteiger partial charge in [0, 0.05) is 38.8 Å². The Balaban J connectivity index is 1.53. The Morgan fingerprint density at radius 1 is 1.24 bits per heavy atom. The highest BCUT2D eigenvalue weighted by molar-refractivity contribution is 5.45. The van der Waals surface area contributed by atoms with E-state index in [0.717, 1.165) is 38.4 Å². The molecule has 0 aromatic heterocycles. The van der Waals surface area contributed by atoms with Crippen molar-refractivity contribution in [3.05, 3.63) is 29.3 Å². The van der Waals surface area contributed by atoms with Gasteiger partial charge in [-0.25, -0.2) is 0 Å². The van der Waals surface area contributed by atoms with Crippen LogP contribution in [0.2, 0.25) is 0 Å². The van der Waals surface area contributed by atoms with Gasteiger partial charge in [-0.3, -0.25) is 4.90 Å². The molecule has 0 bridgehead atoms. The van der Waals surface area contributed by atoms with Crippen LogP contribution in [-0.4, -0.2) is 63.2 Å². The van der Waals surface area contributed by atoms with Gasteiger partial charge in [-0.1, -0.05) is 12.1 Å². The first kappa shape index (κ1) is 14.8. The number of hydrogen-bond acceptors (Lipinski definition) is 4. The number of nitrogens with zero attached hydrogens (tertiary/aromatic N) is 2. The lowest BCUT2D eigenvalue weighted by atomic mass is 10.1. The molecule has 1 aliphatic heterocycles. The van der Waals surface area contributed by atoms with E-state index in [1.807, 2.05) is 7.05 Å². The maximum atomic E-state index is 6.09. The number of hydrogen-bond donors (Lipinski definition) is 1. The van der Waals surface area contributed by atoms with E-state index in [-0.39, 0.29) is 0 Å². The Morgan fingerprint density at radius 3 is 2.81 bits per heavy atom. The molecule has 0 amide bonds. The van der Waals surface area contributed by atoms with Crippen LogP contribution in [0.15, 0.2) is 18.2 Å². The summed E-state index contributed by atoms with van der Waals surface area (Å²) in [5.74, 6) is 1.10. The second-order valence-corrected chi connectivity index (χ2v) is 6.20. The van der Waals surface area contributed by atoms with Crippen molar-refractivity contribution in [3.8, 4) is 5.75 Å². The predicted octanol–water partition coefficient (Wildman–Crippen LogP) is 1.52. The number of piperazine rings is 1. The highest BCUT2D eigenvalue weighted by Crippen LogP contribution is 2.36. The smallest absolute Gasteiger partial charge is 0.122 e. The van der Waals surface area contributed by atoms with E-state index in [9.17, 15) is 0 Å². The van der Waals surface area contributed by atoms with Crippen LogP contribution in [0.4, 0.5) is 0 Å². The van der Waals surface area contributed by atoms with Crippen LogP contribution in [0.1, 0.15) is 23.6 Å². The van der Waals surface area contributed by atoms with Crippen molar-refractivity contribution < 1.29 is 4.74 Å². The van der Waals surface area contributed by atoms with Gasteiger partial charge in [-0.2, -0.15) is 0 Å². The summed E-state index contributed by atoms with van der Waals surface area (Å²) < 4.78 is 6.09. The molecule has 116 valence electrons. The van der Waals surface area contributed by atoms with Gasteiger partial charge in [0.05, 0.1) is 0 Å². The van der Waals surface area contributed by atoms with E-state index in [0.29, 0.717) is 6.04 Å². The van der Waals surface area contributed by atoms with Gasteiger partial charge in [0.1, 0.15) is 12.4 Å². The summed E-state index contributed by atoms with van der Waals surface area (Å²) in [4.78, 5) is 4.89. The highest BCUT2D eigenvalue weighted by Gasteiger charge is 2.23. The fraction of sp³-hybridized carbons (Fsp3) is 0.647. The van der Waals surface area contributed by atoms with Crippen LogP contribution in [0.25, 0.3) is 0 Å². The first-order valence-corrected chi connectivity index (χ1v) is 8.10. The maximum Gasteiger partial charge on any atom is 0.122 e. The molecule has 4 nitrogen and oxygen atoms in total. The van der Waals surface area contributed by atoms with Crippen molar-refractivity contribution in [3.63, 3.8) is 0 Å². The topological polar surface area (TPSA) is 27.7 Å². The van der Waals surface area contributed by atoms with Gasteiger partial charge in [0.15, 0.2) is 0 Å². The number of likely N-dealkylation sites (N-methyl/N-ethyl adjacent to an activating group) is 1.